The van der Waals surface area contributed by atoms with Gasteiger partial charge in [0, 0.05) is 6.61 Å². The van der Waals surface area contributed by atoms with Crippen molar-refractivity contribution in [2.75, 3.05) is 6.61 Å². The van der Waals surface area contributed by atoms with Gasteiger partial charge in [0.05, 0.1) is 5.60 Å². The topological polar surface area (TPSA) is 9.23 Å². The van der Waals surface area contributed by atoms with Crippen LogP contribution in [0.5, 0.6) is 0 Å². The number of unbranched alkanes of at least 4 members (excludes halogenated alkanes) is 3. The maximum Gasteiger partial charge on any atom is -0.172 e. The van der Waals surface area contributed by atoms with E-state index in [4.69, 9.17) is 21.8 Å². The van der Waals surface area contributed by atoms with E-state index in [2.05, 4.69) is 57.2 Å². The maximum absolute atomic E-state index is 5.74. The predicted molar refractivity (Wildman–Crippen MR) is 121 cm³/mol. The molecule has 0 fully saturated rings. The number of aryl methyl sites for hydroxylation is 1. The zero-order valence-corrected chi connectivity index (χ0v) is 21.2. The zero-order valence-electron chi connectivity index (χ0n) is 17.3. The normalized spacial score (nSPS) is 10.5. The molecule has 152 valence electrons. The summed E-state index contributed by atoms with van der Waals surface area (Å²) in [6.45, 7) is 7.25. The Morgan fingerprint density at radius 3 is 2.18 bits per heavy atom. The third kappa shape index (κ3) is 12.2. The van der Waals surface area contributed by atoms with E-state index >= 15 is 0 Å². The first kappa shape index (κ1) is 25.6. The number of rotatable bonds is 7. The molecule has 0 aliphatic carbocycles. The SMILES string of the molecule is CC(C)(C)OCCCCCCc1c[cH-]c2ccccc12.[Cl][Zr+2][Cl].c1cc[cH-]c1. The molecule has 0 N–H and O–H groups in total. The largest absolute Gasteiger partial charge is 0.214 e. The molecule has 0 unspecified atom stereocenters. The van der Waals surface area contributed by atoms with E-state index in [1.165, 1.54) is 48.4 Å². The summed E-state index contributed by atoms with van der Waals surface area (Å²) in [5.74, 6) is 0. The maximum atomic E-state index is 5.74. The van der Waals surface area contributed by atoms with Crippen LogP contribution in [0, 0.1) is 0 Å². The van der Waals surface area contributed by atoms with Crippen LogP contribution in [0.2, 0.25) is 0 Å². The van der Waals surface area contributed by atoms with Crippen LogP contribution in [0.3, 0.4) is 0 Å². The summed E-state index contributed by atoms with van der Waals surface area (Å²) >= 11 is -0.826. The molecule has 0 spiro atoms. The van der Waals surface area contributed by atoms with Crippen LogP contribution in [-0.2, 0) is 32.0 Å². The fourth-order valence-corrected chi connectivity index (χ4v) is 2.90. The summed E-state index contributed by atoms with van der Waals surface area (Å²) in [5.41, 5.74) is 1.51. The number of benzene rings is 1. The van der Waals surface area contributed by atoms with E-state index in [0.717, 1.165) is 6.61 Å². The Labute approximate surface area is 189 Å². The van der Waals surface area contributed by atoms with Crippen molar-refractivity contribution in [2.45, 2.75) is 58.5 Å². The van der Waals surface area contributed by atoms with Crippen molar-refractivity contribution < 1.29 is 25.6 Å². The van der Waals surface area contributed by atoms with E-state index in [1.807, 2.05) is 30.3 Å². The summed E-state index contributed by atoms with van der Waals surface area (Å²) in [7, 11) is 9.87. The van der Waals surface area contributed by atoms with Crippen molar-refractivity contribution in [3.63, 3.8) is 0 Å². The summed E-state index contributed by atoms with van der Waals surface area (Å²) < 4.78 is 5.74. The van der Waals surface area contributed by atoms with Gasteiger partial charge in [0.2, 0.25) is 0 Å². The molecule has 3 rings (SSSR count). The average Bonchev–Trinajstić information content (AvgIpc) is 3.34. The average molecular weight is 499 g/mol. The Kier molecular flexibility index (Phi) is 14.1. The smallest absolute Gasteiger partial charge is 0.172 e. The van der Waals surface area contributed by atoms with Gasteiger partial charge >= 0.3 is 37.9 Å². The standard InChI is InChI=1S/C19H27O.C5H5.2ClH.Zr/c1-19(2,3)20-15-9-5-4-6-10-16-13-14-17-11-7-8-12-18(16)17;1-2-4-5-3-1;;;/h7-8,11-14H,4-6,9-10,15H2,1-3H3;1-5H;2*1H;/q2*-1;;;+4/p-2. The van der Waals surface area contributed by atoms with Crippen LogP contribution < -0.4 is 0 Å². The summed E-state index contributed by atoms with van der Waals surface area (Å²) in [6, 6.07) is 23.2. The van der Waals surface area contributed by atoms with Crippen molar-refractivity contribution in [3.8, 4) is 0 Å². The molecule has 0 bridgehead atoms. The van der Waals surface area contributed by atoms with Gasteiger partial charge in [-0.3, -0.25) is 0 Å². The number of hydrogen-bond donors (Lipinski definition) is 0. The minimum absolute atomic E-state index is 0.00814. The Morgan fingerprint density at radius 1 is 0.929 bits per heavy atom. The molecule has 3 aromatic rings. The van der Waals surface area contributed by atoms with E-state index in [0.29, 0.717) is 0 Å². The zero-order chi connectivity index (χ0) is 20.7. The fraction of sp³-hybridized carbons (Fsp3) is 0.417. The molecule has 0 saturated heterocycles. The van der Waals surface area contributed by atoms with Crippen molar-refractivity contribution in [1.82, 2.24) is 0 Å². The molecule has 0 aliphatic heterocycles. The Hall–Kier alpha value is -0.397. The van der Waals surface area contributed by atoms with E-state index in [1.54, 1.807) is 0 Å². The second-order valence-corrected chi connectivity index (χ2v) is 11.3. The molecule has 1 nitrogen and oxygen atoms in total. The Morgan fingerprint density at radius 2 is 1.57 bits per heavy atom. The number of hydrogen-bond acceptors (Lipinski definition) is 1. The molecular formula is C24H32Cl2OZr. The monoisotopic (exact) mass is 496 g/mol. The van der Waals surface area contributed by atoms with Crippen molar-refractivity contribution >= 4 is 27.8 Å². The van der Waals surface area contributed by atoms with Gasteiger partial charge in [0.25, 0.3) is 0 Å². The molecule has 0 aliphatic rings. The Bertz CT molecular complexity index is 696. The molecule has 0 heterocycles. The van der Waals surface area contributed by atoms with Crippen LogP contribution in [-0.4, -0.2) is 12.2 Å². The summed E-state index contributed by atoms with van der Waals surface area (Å²) in [4.78, 5) is 0. The van der Waals surface area contributed by atoms with Gasteiger partial charge in [-0.2, -0.15) is 23.8 Å². The molecule has 0 radical (unpaired) electrons. The molecule has 28 heavy (non-hydrogen) atoms. The first-order valence-corrected chi connectivity index (χ1v) is 16.2. The van der Waals surface area contributed by atoms with Gasteiger partial charge in [-0.05, 0) is 27.2 Å². The molecule has 0 amide bonds. The second kappa shape index (κ2) is 15.4. The van der Waals surface area contributed by atoms with Gasteiger partial charge in [-0.1, -0.05) is 31.7 Å². The molecule has 4 heteroatoms. The van der Waals surface area contributed by atoms with Gasteiger partial charge in [0.15, 0.2) is 0 Å². The third-order valence-electron chi connectivity index (χ3n) is 4.20. The van der Waals surface area contributed by atoms with Crippen LogP contribution in [0.4, 0.5) is 0 Å². The van der Waals surface area contributed by atoms with E-state index in [9.17, 15) is 0 Å². The molecule has 3 aromatic carbocycles. The van der Waals surface area contributed by atoms with Crippen molar-refractivity contribution in [3.05, 3.63) is 72.3 Å². The minimum atomic E-state index is -0.826. The molecule has 0 aromatic heterocycles. The number of halogens is 2. The van der Waals surface area contributed by atoms with Gasteiger partial charge in [0.1, 0.15) is 0 Å². The van der Waals surface area contributed by atoms with Crippen LogP contribution in [0.25, 0.3) is 10.8 Å². The fourth-order valence-electron chi connectivity index (χ4n) is 2.90. The molecule has 0 saturated carbocycles. The van der Waals surface area contributed by atoms with Crippen molar-refractivity contribution in [2.24, 2.45) is 0 Å². The van der Waals surface area contributed by atoms with Gasteiger partial charge in [-0.15, -0.1) is 41.1 Å². The second-order valence-electron chi connectivity index (χ2n) is 7.60. The van der Waals surface area contributed by atoms with E-state index < -0.39 is 20.8 Å². The summed E-state index contributed by atoms with van der Waals surface area (Å²) in [5, 5.41) is 2.81. The van der Waals surface area contributed by atoms with Crippen LogP contribution >= 0.6 is 17.0 Å². The predicted octanol–water partition coefficient (Wildman–Crippen LogP) is 8.26. The number of ether oxygens (including phenoxy) is 1. The van der Waals surface area contributed by atoms with Crippen LogP contribution in [0.15, 0.2) is 66.7 Å². The van der Waals surface area contributed by atoms with E-state index in [-0.39, 0.29) is 5.60 Å². The first-order valence-electron chi connectivity index (χ1n) is 9.88. The molecular weight excluding hydrogens is 466 g/mol. The van der Waals surface area contributed by atoms with Crippen molar-refractivity contribution in [1.29, 1.82) is 0 Å². The molecule has 0 atom stereocenters. The Balaban J connectivity index is 0.000000409. The number of fused-ring (bicyclic) bond motifs is 1. The first-order chi connectivity index (χ1) is 13.5. The minimum Gasteiger partial charge on any atom is -0.214 e. The summed E-state index contributed by atoms with van der Waals surface area (Å²) in [6.07, 6.45) is 6.23. The quantitative estimate of drug-likeness (QED) is 0.235. The van der Waals surface area contributed by atoms with Gasteiger partial charge < -0.3 is 4.74 Å². The third-order valence-corrected chi connectivity index (χ3v) is 4.20. The van der Waals surface area contributed by atoms with Gasteiger partial charge in [-0.25, -0.2) is 12.1 Å². The van der Waals surface area contributed by atoms with Crippen LogP contribution in [0.1, 0.15) is 52.0 Å².